The molecule has 0 aromatic heterocycles. The number of aliphatic imine (C=N–C) groups is 1. The van der Waals surface area contributed by atoms with Gasteiger partial charge in [-0.15, -0.1) is 35.7 Å². The predicted octanol–water partition coefficient (Wildman–Crippen LogP) is 4.52. The van der Waals surface area contributed by atoms with Gasteiger partial charge in [0.25, 0.3) is 0 Å². The quantitative estimate of drug-likeness (QED) is 0.319. The molecular weight excluding hydrogens is 405 g/mol. The number of guanidine groups is 1. The van der Waals surface area contributed by atoms with E-state index in [-0.39, 0.29) is 24.0 Å². The molecule has 0 fully saturated rings. The molecule has 0 heterocycles. The van der Waals surface area contributed by atoms with E-state index in [0.29, 0.717) is 17.8 Å². The zero-order valence-electron chi connectivity index (χ0n) is 12.8. The topological polar surface area (TPSA) is 50.4 Å². The summed E-state index contributed by atoms with van der Waals surface area (Å²) >= 11 is 1.80. The molecule has 3 nitrogen and oxygen atoms in total. The SMILES string of the molecule is Cc1ccc(NC(N)=NCC(C)Sc2ccccc2)cc1.I. The van der Waals surface area contributed by atoms with Crippen LogP contribution in [0.3, 0.4) is 0 Å². The number of nitrogens with two attached hydrogens (primary N) is 1. The van der Waals surface area contributed by atoms with Gasteiger partial charge < -0.3 is 11.1 Å². The molecule has 0 saturated heterocycles. The number of aryl methyl sites for hydroxylation is 1. The highest BCUT2D eigenvalue weighted by Crippen LogP contribution is 2.22. The molecule has 0 spiro atoms. The van der Waals surface area contributed by atoms with Crippen molar-refractivity contribution in [1.82, 2.24) is 0 Å². The van der Waals surface area contributed by atoms with Crippen molar-refractivity contribution in [3.63, 3.8) is 0 Å². The minimum Gasteiger partial charge on any atom is -0.370 e. The van der Waals surface area contributed by atoms with Gasteiger partial charge in [-0.3, -0.25) is 4.99 Å². The Labute approximate surface area is 153 Å². The minimum absolute atomic E-state index is 0. The van der Waals surface area contributed by atoms with E-state index in [9.17, 15) is 0 Å². The molecule has 2 aromatic carbocycles. The maximum Gasteiger partial charge on any atom is 0.193 e. The van der Waals surface area contributed by atoms with Gasteiger partial charge in [0.1, 0.15) is 0 Å². The number of thioether (sulfide) groups is 1. The molecule has 22 heavy (non-hydrogen) atoms. The van der Waals surface area contributed by atoms with Crippen LogP contribution in [0.25, 0.3) is 0 Å². The molecule has 5 heteroatoms. The van der Waals surface area contributed by atoms with Crippen LogP contribution in [0.4, 0.5) is 5.69 Å². The second-order valence-corrected chi connectivity index (χ2v) is 6.47. The Hall–Kier alpha value is -1.21. The lowest BCUT2D eigenvalue weighted by molar-refractivity contribution is 0.948. The van der Waals surface area contributed by atoms with Crippen molar-refractivity contribution in [3.05, 3.63) is 60.2 Å². The lowest BCUT2D eigenvalue weighted by atomic mass is 10.2. The first-order valence-corrected chi connectivity index (χ1v) is 7.87. The van der Waals surface area contributed by atoms with E-state index >= 15 is 0 Å². The summed E-state index contributed by atoms with van der Waals surface area (Å²) in [5, 5.41) is 3.49. The van der Waals surface area contributed by atoms with Crippen LogP contribution >= 0.6 is 35.7 Å². The number of nitrogens with zero attached hydrogens (tertiary/aromatic N) is 1. The zero-order valence-corrected chi connectivity index (χ0v) is 16.0. The summed E-state index contributed by atoms with van der Waals surface area (Å²) in [4.78, 5) is 5.66. The van der Waals surface area contributed by atoms with Gasteiger partial charge in [0.05, 0.1) is 6.54 Å². The maximum absolute atomic E-state index is 5.92. The van der Waals surface area contributed by atoms with Crippen molar-refractivity contribution < 1.29 is 0 Å². The van der Waals surface area contributed by atoms with E-state index in [4.69, 9.17) is 5.73 Å². The number of hydrogen-bond donors (Lipinski definition) is 2. The molecule has 2 aromatic rings. The molecule has 0 amide bonds. The van der Waals surface area contributed by atoms with E-state index in [1.165, 1.54) is 10.5 Å². The van der Waals surface area contributed by atoms with Crippen LogP contribution < -0.4 is 11.1 Å². The third kappa shape index (κ3) is 6.70. The summed E-state index contributed by atoms with van der Waals surface area (Å²) < 4.78 is 0. The molecule has 0 aliphatic rings. The highest BCUT2D eigenvalue weighted by molar-refractivity contribution is 14.0. The van der Waals surface area contributed by atoms with Crippen molar-refractivity contribution in [2.24, 2.45) is 10.7 Å². The third-order valence-corrected chi connectivity index (χ3v) is 4.02. The molecule has 1 atom stereocenters. The molecular formula is C17H22IN3S. The van der Waals surface area contributed by atoms with Crippen LogP contribution in [-0.4, -0.2) is 17.8 Å². The molecule has 0 aliphatic heterocycles. The number of anilines is 1. The Morgan fingerprint density at radius 3 is 2.41 bits per heavy atom. The van der Waals surface area contributed by atoms with E-state index in [0.717, 1.165) is 5.69 Å². The fraction of sp³-hybridized carbons (Fsp3) is 0.235. The predicted molar refractivity (Wildman–Crippen MR) is 108 cm³/mol. The van der Waals surface area contributed by atoms with Crippen LogP contribution in [0.2, 0.25) is 0 Å². The second kappa shape index (κ2) is 9.74. The third-order valence-electron chi connectivity index (χ3n) is 2.92. The molecule has 0 bridgehead atoms. The van der Waals surface area contributed by atoms with Crippen LogP contribution in [-0.2, 0) is 0 Å². The maximum atomic E-state index is 5.92. The van der Waals surface area contributed by atoms with E-state index in [2.05, 4.69) is 36.3 Å². The first kappa shape index (κ1) is 18.8. The second-order valence-electron chi connectivity index (χ2n) is 4.96. The normalized spacial score (nSPS) is 12.4. The van der Waals surface area contributed by atoms with Crippen LogP contribution in [0.5, 0.6) is 0 Å². The van der Waals surface area contributed by atoms with Crippen molar-refractivity contribution in [2.75, 3.05) is 11.9 Å². The first-order chi connectivity index (χ1) is 10.1. The lowest BCUT2D eigenvalue weighted by Gasteiger charge is -2.10. The summed E-state index contributed by atoms with van der Waals surface area (Å²) in [5.74, 6) is 0.458. The summed E-state index contributed by atoms with van der Waals surface area (Å²) in [6.07, 6.45) is 0. The van der Waals surface area contributed by atoms with Crippen molar-refractivity contribution >= 4 is 47.4 Å². The van der Waals surface area contributed by atoms with Gasteiger partial charge in [-0.25, -0.2) is 0 Å². The Kier molecular flexibility index (Phi) is 8.34. The fourth-order valence-corrected chi connectivity index (χ4v) is 2.75. The molecule has 2 rings (SSSR count). The first-order valence-electron chi connectivity index (χ1n) is 6.99. The number of benzene rings is 2. The minimum atomic E-state index is 0. The smallest absolute Gasteiger partial charge is 0.193 e. The summed E-state index contributed by atoms with van der Waals surface area (Å²) in [7, 11) is 0. The lowest BCUT2D eigenvalue weighted by Crippen LogP contribution is -2.23. The van der Waals surface area contributed by atoms with Gasteiger partial charge in [-0.2, -0.15) is 0 Å². The van der Waals surface area contributed by atoms with Gasteiger partial charge in [0, 0.05) is 15.8 Å². The van der Waals surface area contributed by atoms with Crippen molar-refractivity contribution in [2.45, 2.75) is 24.0 Å². The summed E-state index contributed by atoms with van der Waals surface area (Å²) in [6, 6.07) is 18.4. The fourth-order valence-electron chi connectivity index (χ4n) is 1.82. The number of rotatable bonds is 5. The Bertz CT molecular complexity index is 585. The van der Waals surface area contributed by atoms with Gasteiger partial charge in [0.2, 0.25) is 0 Å². The van der Waals surface area contributed by atoms with Crippen LogP contribution in [0, 0.1) is 6.92 Å². The van der Waals surface area contributed by atoms with Gasteiger partial charge in [-0.05, 0) is 31.2 Å². The molecule has 118 valence electrons. The number of halogens is 1. The highest BCUT2D eigenvalue weighted by atomic mass is 127. The molecule has 3 N–H and O–H groups in total. The zero-order chi connectivity index (χ0) is 15.1. The molecule has 0 radical (unpaired) electrons. The van der Waals surface area contributed by atoms with Crippen LogP contribution in [0.15, 0.2) is 64.5 Å². The van der Waals surface area contributed by atoms with Gasteiger partial charge in [-0.1, -0.05) is 42.8 Å². The van der Waals surface area contributed by atoms with Crippen molar-refractivity contribution in [3.8, 4) is 0 Å². The Balaban J connectivity index is 0.00000242. The summed E-state index contributed by atoms with van der Waals surface area (Å²) in [5.41, 5.74) is 8.10. The molecule has 0 aliphatic carbocycles. The average Bonchev–Trinajstić information content (AvgIpc) is 2.49. The van der Waals surface area contributed by atoms with E-state index < -0.39 is 0 Å². The molecule has 0 saturated carbocycles. The Morgan fingerprint density at radius 1 is 1.14 bits per heavy atom. The van der Waals surface area contributed by atoms with E-state index in [1.54, 1.807) is 11.8 Å². The largest absolute Gasteiger partial charge is 0.370 e. The number of nitrogens with one attached hydrogen (secondary N) is 1. The average molecular weight is 427 g/mol. The monoisotopic (exact) mass is 427 g/mol. The van der Waals surface area contributed by atoms with Crippen LogP contribution in [0.1, 0.15) is 12.5 Å². The van der Waals surface area contributed by atoms with Gasteiger partial charge >= 0.3 is 0 Å². The van der Waals surface area contributed by atoms with E-state index in [1.807, 2.05) is 42.5 Å². The molecule has 1 unspecified atom stereocenters. The standard InChI is InChI=1S/C17H21N3S.HI/c1-13-8-10-15(11-9-13)20-17(18)19-12-14(2)21-16-6-4-3-5-7-16;/h3-11,14H,12H2,1-2H3,(H3,18,19,20);1H. The number of hydrogen-bond acceptors (Lipinski definition) is 2. The highest BCUT2D eigenvalue weighted by Gasteiger charge is 2.03. The Morgan fingerprint density at radius 2 is 1.77 bits per heavy atom. The summed E-state index contributed by atoms with van der Waals surface area (Å²) in [6.45, 7) is 4.90. The van der Waals surface area contributed by atoms with Gasteiger partial charge in [0.15, 0.2) is 5.96 Å². The van der Waals surface area contributed by atoms with Crippen molar-refractivity contribution in [1.29, 1.82) is 0 Å².